The Morgan fingerprint density at radius 1 is 1.10 bits per heavy atom. The normalized spacial score (nSPS) is 34.0. The summed E-state index contributed by atoms with van der Waals surface area (Å²) in [7, 11) is 0. The number of phenols is 1. The number of benzene rings is 1. The van der Waals surface area contributed by atoms with Crippen molar-refractivity contribution in [3.63, 3.8) is 0 Å². The molecular formula is C13H18O7. The molecule has 7 nitrogen and oxygen atoms in total. The first-order chi connectivity index (χ1) is 9.42. The fraction of sp³-hybridized carbons (Fsp3) is 0.538. The van der Waals surface area contributed by atoms with Crippen molar-refractivity contribution in [3.05, 3.63) is 23.8 Å². The van der Waals surface area contributed by atoms with Crippen LogP contribution in [0, 0.1) is 6.92 Å². The lowest BCUT2D eigenvalue weighted by Crippen LogP contribution is -2.60. The van der Waals surface area contributed by atoms with Crippen LogP contribution in [0.5, 0.6) is 11.5 Å². The summed E-state index contributed by atoms with van der Waals surface area (Å²) in [6, 6.07) is 4.47. The Hall–Kier alpha value is -1.38. The van der Waals surface area contributed by atoms with Crippen LogP contribution in [-0.4, -0.2) is 62.8 Å². The van der Waals surface area contributed by atoms with E-state index in [0.717, 1.165) is 5.56 Å². The second kappa shape index (κ2) is 5.94. The molecular weight excluding hydrogens is 268 g/mol. The summed E-state index contributed by atoms with van der Waals surface area (Å²) < 4.78 is 10.6. The second-order valence-corrected chi connectivity index (χ2v) is 4.82. The Morgan fingerprint density at radius 2 is 1.80 bits per heavy atom. The topological polar surface area (TPSA) is 120 Å². The third kappa shape index (κ3) is 3.02. The predicted octanol–water partition coefficient (Wildman–Crippen LogP) is -1.12. The number of rotatable bonds is 3. The molecule has 1 fully saturated rings. The first-order valence-electron chi connectivity index (χ1n) is 6.20. The minimum Gasteiger partial charge on any atom is -0.508 e. The van der Waals surface area contributed by atoms with Gasteiger partial charge in [-0.3, -0.25) is 0 Å². The van der Waals surface area contributed by atoms with E-state index in [2.05, 4.69) is 0 Å². The molecule has 2 rings (SSSR count). The number of aliphatic hydroxyl groups is 4. The third-order valence-corrected chi connectivity index (χ3v) is 3.14. The molecule has 1 saturated heterocycles. The number of aryl methyl sites for hydroxylation is 1. The van der Waals surface area contributed by atoms with Crippen LogP contribution in [0.3, 0.4) is 0 Å². The maximum atomic E-state index is 9.82. The zero-order valence-electron chi connectivity index (χ0n) is 10.9. The first-order valence-corrected chi connectivity index (χ1v) is 6.20. The molecule has 0 spiro atoms. The lowest BCUT2D eigenvalue weighted by molar-refractivity contribution is -0.277. The van der Waals surface area contributed by atoms with Crippen LogP contribution in [0.2, 0.25) is 0 Å². The fourth-order valence-corrected chi connectivity index (χ4v) is 2.10. The van der Waals surface area contributed by atoms with Gasteiger partial charge in [0.2, 0.25) is 6.29 Å². The van der Waals surface area contributed by atoms with Gasteiger partial charge in [-0.05, 0) is 24.6 Å². The Balaban J connectivity index is 2.15. The molecule has 1 unspecified atom stereocenters. The van der Waals surface area contributed by atoms with E-state index in [1.165, 1.54) is 12.1 Å². The summed E-state index contributed by atoms with van der Waals surface area (Å²) in [5.74, 6) is 0.233. The minimum atomic E-state index is -1.50. The molecule has 0 saturated carbocycles. The van der Waals surface area contributed by atoms with Gasteiger partial charge in [0.15, 0.2) is 0 Å². The van der Waals surface area contributed by atoms with Crippen molar-refractivity contribution in [2.75, 3.05) is 6.61 Å². The summed E-state index contributed by atoms with van der Waals surface area (Å²) >= 11 is 0. The van der Waals surface area contributed by atoms with Crippen LogP contribution in [-0.2, 0) is 4.74 Å². The van der Waals surface area contributed by atoms with Gasteiger partial charge < -0.3 is 35.0 Å². The van der Waals surface area contributed by atoms with E-state index < -0.39 is 37.3 Å². The van der Waals surface area contributed by atoms with Crippen molar-refractivity contribution in [2.24, 2.45) is 0 Å². The number of phenolic OH excluding ortho intramolecular Hbond substituents is 1. The first kappa shape index (κ1) is 15.0. The summed E-state index contributed by atoms with van der Waals surface area (Å²) in [4.78, 5) is 0. The zero-order valence-corrected chi connectivity index (χ0v) is 10.9. The van der Waals surface area contributed by atoms with E-state index in [4.69, 9.17) is 14.6 Å². The average molecular weight is 286 g/mol. The Bertz CT molecular complexity index is 442. The van der Waals surface area contributed by atoms with Crippen LogP contribution >= 0.6 is 0 Å². The maximum absolute atomic E-state index is 9.82. The lowest BCUT2D eigenvalue weighted by atomic mass is 9.99. The van der Waals surface area contributed by atoms with Crippen molar-refractivity contribution in [1.29, 1.82) is 0 Å². The van der Waals surface area contributed by atoms with Crippen molar-refractivity contribution >= 4 is 0 Å². The van der Waals surface area contributed by atoms with E-state index in [0.29, 0.717) is 0 Å². The van der Waals surface area contributed by atoms with Gasteiger partial charge in [-0.25, -0.2) is 0 Å². The second-order valence-electron chi connectivity index (χ2n) is 4.82. The van der Waals surface area contributed by atoms with Crippen molar-refractivity contribution in [2.45, 2.75) is 37.6 Å². The molecule has 1 aliphatic rings. The Morgan fingerprint density at radius 3 is 2.40 bits per heavy atom. The van der Waals surface area contributed by atoms with Crippen molar-refractivity contribution < 1.29 is 35.0 Å². The third-order valence-electron chi connectivity index (χ3n) is 3.14. The van der Waals surface area contributed by atoms with Gasteiger partial charge in [0.05, 0.1) is 6.61 Å². The fourth-order valence-electron chi connectivity index (χ4n) is 2.10. The summed E-state index contributed by atoms with van der Waals surface area (Å²) in [5.41, 5.74) is 0.740. The Kier molecular flexibility index (Phi) is 4.46. The summed E-state index contributed by atoms with van der Waals surface area (Å²) in [5, 5.41) is 47.6. The molecule has 1 heterocycles. The molecule has 112 valence electrons. The van der Waals surface area contributed by atoms with E-state index in [1.807, 2.05) is 0 Å². The number of aromatic hydroxyl groups is 1. The van der Waals surface area contributed by atoms with Crippen molar-refractivity contribution in [3.8, 4) is 11.5 Å². The number of ether oxygens (including phenoxy) is 2. The van der Waals surface area contributed by atoms with Gasteiger partial charge in [0.1, 0.15) is 35.9 Å². The lowest BCUT2D eigenvalue weighted by Gasteiger charge is -2.39. The molecule has 0 aliphatic carbocycles. The Labute approximate surface area is 115 Å². The molecule has 1 aliphatic heterocycles. The molecule has 0 radical (unpaired) electrons. The van der Waals surface area contributed by atoms with E-state index in [-0.39, 0.29) is 11.5 Å². The predicted molar refractivity (Wildman–Crippen MR) is 67.2 cm³/mol. The average Bonchev–Trinajstić information content (AvgIpc) is 2.38. The highest BCUT2D eigenvalue weighted by molar-refractivity contribution is 5.36. The van der Waals surface area contributed by atoms with Crippen LogP contribution in [0.4, 0.5) is 0 Å². The summed E-state index contributed by atoms with van der Waals surface area (Å²) in [6.07, 6.45) is -6.69. The molecule has 1 aromatic carbocycles. The van der Waals surface area contributed by atoms with Crippen LogP contribution in [0.25, 0.3) is 0 Å². The van der Waals surface area contributed by atoms with Gasteiger partial charge in [0.25, 0.3) is 0 Å². The van der Waals surface area contributed by atoms with Crippen LogP contribution in [0.15, 0.2) is 18.2 Å². The largest absolute Gasteiger partial charge is 0.508 e. The van der Waals surface area contributed by atoms with Crippen LogP contribution < -0.4 is 4.74 Å². The van der Waals surface area contributed by atoms with Crippen molar-refractivity contribution in [1.82, 2.24) is 0 Å². The monoisotopic (exact) mass is 286 g/mol. The SMILES string of the molecule is Cc1cc(O)cc(OC2O[C@H](CO)[C@@H](O)[C@@H](O)[C@H]2O)c1. The maximum Gasteiger partial charge on any atom is 0.229 e. The van der Waals surface area contributed by atoms with E-state index in [9.17, 15) is 20.4 Å². The van der Waals surface area contributed by atoms with Gasteiger partial charge in [-0.2, -0.15) is 0 Å². The zero-order chi connectivity index (χ0) is 14.9. The van der Waals surface area contributed by atoms with E-state index in [1.54, 1.807) is 13.0 Å². The molecule has 7 heteroatoms. The molecule has 1 aromatic rings. The van der Waals surface area contributed by atoms with Gasteiger partial charge in [0, 0.05) is 6.07 Å². The highest BCUT2D eigenvalue weighted by Gasteiger charge is 2.44. The minimum absolute atomic E-state index is 0.00964. The van der Waals surface area contributed by atoms with E-state index >= 15 is 0 Å². The molecule has 0 amide bonds. The highest BCUT2D eigenvalue weighted by atomic mass is 16.7. The van der Waals surface area contributed by atoms with Gasteiger partial charge in [-0.1, -0.05) is 0 Å². The number of aliphatic hydroxyl groups excluding tert-OH is 4. The molecule has 0 bridgehead atoms. The summed E-state index contributed by atoms with van der Waals surface area (Å²) in [6.45, 7) is 1.23. The quantitative estimate of drug-likeness (QED) is 0.477. The molecule has 5 atom stereocenters. The smallest absolute Gasteiger partial charge is 0.229 e. The molecule has 20 heavy (non-hydrogen) atoms. The van der Waals surface area contributed by atoms with Gasteiger partial charge >= 0.3 is 0 Å². The number of hydrogen-bond acceptors (Lipinski definition) is 7. The standard InChI is InChI=1S/C13H18O7/c1-6-2-7(15)4-8(3-6)19-13-12(18)11(17)10(16)9(5-14)20-13/h2-4,9-18H,5H2,1H3/t9-,10-,11-,12-,13?/m1/s1. The molecule has 0 aromatic heterocycles. The van der Waals surface area contributed by atoms with Gasteiger partial charge in [-0.15, -0.1) is 0 Å². The molecule has 5 N–H and O–H groups in total. The number of hydrogen-bond donors (Lipinski definition) is 5. The van der Waals surface area contributed by atoms with Crippen LogP contribution in [0.1, 0.15) is 5.56 Å². The highest BCUT2D eigenvalue weighted by Crippen LogP contribution is 2.27.